The lowest BCUT2D eigenvalue weighted by Crippen LogP contribution is -1.97. The van der Waals surface area contributed by atoms with Crippen LogP contribution in [0.1, 0.15) is 5.82 Å². The van der Waals surface area contributed by atoms with Crippen molar-refractivity contribution in [1.29, 1.82) is 0 Å². The van der Waals surface area contributed by atoms with E-state index in [1.54, 1.807) is 11.3 Å². The summed E-state index contributed by atoms with van der Waals surface area (Å²) in [4.78, 5) is 8.93. The van der Waals surface area contributed by atoms with Gasteiger partial charge in [0.2, 0.25) is 0 Å². The summed E-state index contributed by atoms with van der Waals surface area (Å²) in [5, 5.41) is 6.52. The average molecular weight is 280 g/mol. The molecule has 0 saturated carbocycles. The molecule has 4 rings (SSSR count). The number of H-pyrrole nitrogens is 1. The monoisotopic (exact) mass is 280 g/mol. The van der Waals surface area contributed by atoms with E-state index in [0.717, 1.165) is 28.2 Å². The van der Waals surface area contributed by atoms with Gasteiger partial charge in [0, 0.05) is 0 Å². The maximum Gasteiger partial charge on any atom is 0.104 e. The van der Waals surface area contributed by atoms with Crippen molar-refractivity contribution < 1.29 is 0 Å². The Balaban J connectivity index is 1.89. The van der Waals surface area contributed by atoms with Gasteiger partial charge in [-0.3, -0.25) is 0 Å². The number of aromatic nitrogens is 4. The Morgan fingerprint density at radius 1 is 1.20 bits per heavy atom. The van der Waals surface area contributed by atoms with Gasteiger partial charge in [-0.1, -0.05) is 6.07 Å². The van der Waals surface area contributed by atoms with Crippen molar-refractivity contribution in [2.75, 3.05) is 0 Å². The van der Waals surface area contributed by atoms with Gasteiger partial charge in [0.15, 0.2) is 0 Å². The Morgan fingerprint density at radius 3 is 3.00 bits per heavy atom. The number of imidazole rings is 1. The number of benzene rings is 1. The zero-order chi connectivity index (χ0) is 13.5. The largest absolute Gasteiger partial charge is 0.342 e. The van der Waals surface area contributed by atoms with Gasteiger partial charge in [0.05, 0.1) is 33.5 Å². The van der Waals surface area contributed by atoms with Crippen LogP contribution < -0.4 is 0 Å². The molecule has 1 N–H and O–H groups in total. The number of nitrogens with one attached hydrogen (secondary N) is 1. The Labute approximate surface area is 119 Å². The summed E-state index contributed by atoms with van der Waals surface area (Å²) in [7, 11) is 0. The lowest BCUT2D eigenvalue weighted by Gasteiger charge is -2.05. The Kier molecular flexibility index (Phi) is 2.47. The van der Waals surface area contributed by atoms with Crippen molar-refractivity contribution >= 4 is 22.4 Å². The minimum atomic E-state index is 0.927. The summed E-state index contributed by atoms with van der Waals surface area (Å²) in [6, 6.07) is 12.4. The Bertz CT molecular complexity index is 870. The van der Waals surface area contributed by atoms with Gasteiger partial charge in [0.1, 0.15) is 5.82 Å². The van der Waals surface area contributed by atoms with E-state index in [-0.39, 0.29) is 0 Å². The van der Waals surface area contributed by atoms with E-state index in [1.165, 1.54) is 4.88 Å². The fourth-order valence-electron chi connectivity index (χ4n) is 2.37. The zero-order valence-electron chi connectivity index (χ0n) is 10.9. The number of aryl methyl sites for hydroxylation is 1. The first kappa shape index (κ1) is 11.4. The first-order valence-electron chi connectivity index (χ1n) is 6.36. The van der Waals surface area contributed by atoms with Crippen LogP contribution >= 0.6 is 11.3 Å². The summed E-state index contributed by atoms with van der Waals surface area (Å²) in [5.74, 6) is 0.927. The van der Waals surface area contributed by atoms with Crippen molar-refractivity contribution in [2.45, 2.75) is 6.92 Å². The van der Waals surface area contributed by atoms with Crippen LogP contribution in [0, 0.1) is 6.92 Å². The number of hydrogen-bond acceptors (Lipinski definition) is 3. The van der Waals surface area contributed by atoms with Crippen molar-refractivity contribution in [1.82, 2.24) is 19.7 Å². The van der Waals surface area contributed by atoms with Crippen molar-refractivity contribution in [3.8, 4) is 16.3 Å². The first-order chi connectivity index (χ1) is 9.81. The molecule has 0 aliphatic carbocycles. The molecule has 0 aliphatic heterocycles. The minimum Gasteiger partial charge on any atom is -0.342 e. The van der Waals surface area contributed by atoms with Gasteiger partial charge in [-0.25, -0.2) is 9.67 Å². The molecular formula is C15H12N4S. The lowest BCUT2D eigenvalue weighted by molar-refractivity contribution is 0.891. The number of nitrogens with zero attached hydrogens (tertiary/aromatic N) is 3. The van der Waals surface area contributed by atoms with Gasteiger partial charge in [-0.05, 0) is 42.6 Å². The zero-order valence-corrected chi connectivity index (χ0v) is 11.7. The topological polar surface area (TPSA) is 46.5 Å². The SMILES string of the molecule is Cc1nc2cc(-n3nccc3-c3cccs3)ccc2[nH]1. The van der Waals surface area contributed by atoms with Crippen LogP contribution in [0.15, 0.2) is 48.0 Å². The Hall–Kier alpha value is -2.40. The lowest BCUT2D eigenvalue weighted by atomic mass is 10.2. The molecule has 98 valence electrons. The summed E-state index contributed by atoms with van der Waals surface area (Å²) in [6.45, 7) is 1.96. The van der Waals surface area contributed by atoms with E-state index in [9.17, 15) is 0 Å². The molecule has 0 spiro atoms. The van der Waals surface area contributed by atoms with E-state index >= 15 is 0 Å². The third-order valence-electron chi connectivity index (χ3n) is 3.25. The van der Waals surface area contributed by atoms with Crippen LogP contribution in [0.4, 0.5) is 0 Å². The third kappa shape index (κ3) is 1.75. The van der Waals surface area contributed by atoms with Crippen LogP contribution in [-0.2, 0) is 0 Å². The summed E-state index contributed by atoms with van der Waals surface area (Å²) in [5.41, 5.74) is 4.15. The van der Waals surface area contributed by atoms with Gasteiger partial charge in [-0.2, -0.15) is 5.10 Å². The van der Waals surface area contributed by atoms with E-state index in [0.29, 0.717) is 0 Å². The molecule has 0 saturated heterocycles. The second kappa shape index (κ2) is 4.31. The molecule has 4 aromatic rings. The summed E-state index contributed by atoms with van der Waals surface area (Å²) in [6.07, 6.45) is 1.83. The fourth-order valence-corrected chi connectivity index (χ4v) is 3.11. The third-order valence-corrected chi connectivity index (χ3v) is 4.14. The highest BCUT2D eigenvalue weighted by Crippen LogP contribution is 2.27. The van der Waals surface area contributed by atoms with Crippen LogP contribution in [0.2, 0.25) is 0 Å². The maximum atomic E-state index is 4.48. The molecule has 1 aromatic carbocycles. The van der Waals surface area contributed by atoms with Gasteiger partial charge >= 0.3 is 0 Å². The highest BCUT2D eigenvalue weighted by atomic mass is 32.1. The van der Waals surface area contributed by atoms with Crippen LogP contribution in [0.3, 0.4) is 0 Å². The van der Waals surface area contributed by atoms with Crippen LogP contribution in [-0.4, -0.2) is 19.7 Å². The van der Waals surface area contributed by atoms with E-state index in [2.05, 4.69) is 44.7 Å². The van der Waals surface area contributed by atoms with Crippen LogP contribution in [0.25, 0.3) is 27.3 Å². The highest BCUT2D eigenvalue weighted by Gasteiger charge is 2.09. The minimum absolute atomic E-state index is 0.927. The molecule has 0 aliphatic rings. The van der Waals surface area contributed by atoms with E-state index in [1.807, 2.05) is 29.9 Å². The molecule has 3 aromatic heterocycles. The maximum absolute atomic E-state index is 4.48. The first-order valence-corrected chi connectivity index (χ1v) is 7.24. The number of aromatic amines is 1. The summed E-state index contributed by atoms with van der Waals surface area (Å²) < 4.78 is 1.95. The number of thiophene rings is 1. The second-order valence-electron chi connectivity index (χ2n) is 4.63. The standard InChI is InChI=1S/C15H12N4S/c1-10-17-12-5-4-11(9-13(12)18-10)19-14(6-7-16-19)15-3-2-8-20-15/h2-9H,1H3,(H,17,18). The smallest absolute Gasteiger partial charge is 0.104 e. The van der Waals surface area contributed by atoms with E-state index in [4.69, 9.17) is 0 Å². The number of fused-ring (bicyclic) bond motifs is 1. The molecular weight excluding hydrogens is 268 g/mol. The molecule has 0 bridgehead atoms. The number of hydrogen-bond donors (Lipinski definition) is 1. The molecule has 5 heteroatoms. The molecule has 0 amide bonds. The van der Waals surface area contributed by atoms with E-state index < -0.39 is 0 Å². The molecule has 4 nitrogen and oxygen atoms in total. The molecule has 0 unspecified atom stereocenters. The molecule has 0 radical (unpaired) electrons. The number of rotatable bonds is 2. The van der Waals surface area contributed by atoms with Gasteiger partial charge in [-0.15, -0.1) is 11.3 Å². The van der Waals surface area contributed by atoms with Crippen molar-refractivity contribution in [2.24, 2.45) is 0 Å². The van der Waals surface area contributed by atoms with Gasteiger partial charge in [0.25, 0.3) is 0 Å². The van der Waals surface area contributed by atoms with Crippen molar-refractivity contribution in [3.05, 3.63) is 53.8 Å². The van der Waals surface area contributed by atoms with Crippen molar-refractivity contribution in [3.63, 3.8) is 0 Å². The predicted molar refractivity (Wildman–Crippen MR) is 81.3 cm³/mol. The molecule has 3 heterocycles. The Morgan fingerprint density at radius 2 is 2.15 bits per heavy atom. The highest BCUT2D eigenvalue weighted by molar-refractivity contribution is 7.13. The molecule has 20 heavy (non-hydrogen) atoms. The quantitative estimate of drug-likeness (QED) is 0.607. The predicted octanol–water partition coefficient (Wildman–Crippen LogP) is 3.79. The summed E-state index contributed by atoms with van der Waals surface area (Å²) >= 11 is 1.71. The molecule has 0 fully saturated rings. The fraction of sp³-hybridized carbons (Fsp3) is 0.0667. The normalized spacial score (nSPS) is 11.2. The second-order valence-corrected chi connectivity index (χ2v) is 5.58. The van der Waals surface area contributed by atoms with Gasteiger partial charge < -0.3 is 4.98 Å². The average Bonchev–Trinajstić information content (AvgIpc) is 3.16. The van der Waals surface area contributed by atoms with Crippen LogP contribution in [0.5, 0.6) is 0 Å². The molecule has 0 atom stereocenters.